The van der Waals surface area contributed by atoms with E-state index in [0.29, 0.717) is 36.8 Å². The van der Waals surface area contributed by atoms with Crippen molar-refractivity contribution in [2.45, 2.75) is 45.9 Å². The largest absolute Gasteiger partial charge is 0.444 e. The number of benzene rings is 1. The number of rotatable bonds is 3. The van der Waals surface area contributed by atoms with Crippen molar-refractivity contribution in [1.82, 2.24) is 20.0 Å². The van der Waals surface area contributed by atoms with Crippen LogP contribution >= 0.6 is 11.6 Å². The molecule has 1 N–H and O–H groups in total. The third kappa shape index (κ3) is 4.65. The first-order valence-corrected chi connectivity index (χ1v) is 9.57. The van der Waals surface area contributed by atoms with E-state index in [-0.39, 0.29) is 12.0 Å². The second-order valence-electron chi connectivity index (χ2n) is 7.86. The highest BCUT2D eigenvalue weighted by Gasteiger charge is 2.31. The summed E-state index contributed by atoms with van der Waals surface area (Å²) in [5.74, 6) is -0.266. The summed E-state index contributed by atoms with van der Waals surface area (Å²) < 4.78 is 7.18. The maximum Gasteiger partial charge on any atom is 0.410 e. The van der Waals surface area contributed by atoms with Crippen LogP contribution < -0.4 is 5.32 Å². The zero-order valence-corrected chi connectivity index (χ0v) is 17.3. The van der Waals surface area contributed by atoms with Gasteiger partial charge in [0.15, 0.2) is 5.69 Å². The molecule has 0 aliphatic carbocycles. The molecule has 150 valence electrons. The van der Waals surface area contributed by atoms with E-state index in [4.69, 9.17) is 16.3 Å². The summed E-state index contributed by atoms with van der Waals surface area (Å²) in [6.07, 6.45) is 0.247. The average Bonchev–Trinajstić information content (AvgIpc) is 2.96. The molecule has 7 nitrogen and oxygen atoms in total. The fraction of sp³-hybridized carbons (Fsp3) is 0.450. The molecule has 1 aliphatic rings. The van der Waals surface area contributed by atoms with Gasteiger partial charge in [0.1, 0.15) is 5.60 Å². The van der Waals surface area contributed by atoms with E-state index < -0.39 is 5.60 Å². The van der Waals surface area contributed by atoms with Crippen molar-refractivity contribution in [3.63, 3.8) is 0 Å². The molecule has 0 fully saturated rings. The fourth-order valence-electron chi connectivity index (χ4n) is 3.13. The van der Waals surface area contributed by atoms with Crippen molar-refractivity contribution < 1.29 is 14.3 Å². The van der Waals surface area contributed by atoms with E-state index in [9.17, 15) is 9.59 Å². The van der Waals surface area contributed by atoms with Crippen molar-refractivity contribution in [1.29, 1.82) is 0 Å². The summed E-state index contributed by atoms with van der Waals surface area (Å²) in [6, 6.07) is 7.29. The number of hydrogen-bond acceptors (Lipinski definition) is 4. The van der Waals surface area contributed by atoms with Crippen LogP contribution in [0.3, 0.4) is 0 Å². The Labute approximate surface area is 169 Å². The van der Waals surface area contributed by atoms with Crippen LogP contribution in [0.25, 0.3) is 0 Å². The lowest BCUT2D eigenvalue weighted by atomic mass is 10.0. The van der Waals surface area contributed by atoms with Crippen molar-refractivity contribution >= 4 is 23.6 Å². The van der Waals surface area contributed by atoms with Gasteiger partial charge in [0.05, 0.1) is 6.54 Å². The van der Waals surface area contributed by atoms with E-state index in [1.807, 2.05) is 40.0 Å². The Morgan fingerprint density at radius 3 is 2.57 bits per heavy atom. The van der Waals surface area contributed by atoms with Crippen LogP contribution in [0.4, 0.5) is 4.79 Å². The number of carbonyl (C=O) groups is 2. The summed E-state index contributed by atoms with van der Waals surface area (Å²) in [5.41, 5.74) is 2.47. The molecular formula is C20H25ClN4O3. The molecule has 8 heteroatoms. The van der Waals surface area contributed by atoms with Gasteiger partial charge in [-0.15, -0.1) is 0 Å². The van der Waals surface area contributed by atoms with Crippen LogP contribution in [-0.2, 0) is 31.3 Å². The molecule has 0 atom stereocenters. The van der Waals surface area contributed by atoms with Crippen molar-refractivity contribution in [2.24, 2.45) is 7.05 Å². The number of amides is 2. The Morgan fingerprint density at radius 1 is 1.25 bits per heavy atom. The van der Waals surface area contributed by atoms with Crippen LogP contribution in [0, 0.1) is 0 Å². The Bertz CT molecular complexity index is 884. The van der Waals surface area contributed by atoms with Crippen LogP contribution in [0.1, 0.15) is 48.1 Å². The molecule has 0 saturated heterocycles. The molecule has 2 amide bonds. The van der Waals surface area contributed by atoms with Gasteiger partial charge in [-0.05, 0) is 38.5 Å². The first kappa shape index (κ1) is 20.2. The highest BCUT2D eigenvalue weighted by Crippen LogP contribution is 2.24. The molecule has 2 heterocycles. The van der Waals surface area contributed by atoms with Crippen molar-refractivity contribution in [3.05, 3.63) is 51.8 Å². The predicted octanol–water partition coefficient (Wildman–Crippen LogP) is 3.30. The Balaban J connectivity index is 1.72. The van der Waals surface area contributed by atoms with Gasteiger partial charge < -0.3 is 15.0 Å². The van der Waals surface area contributed by atoms with Crippen LogP contribution in [0.2, 0.25) is 5.02 Å². The molecule has 1 aliphatic heterocycles. The summed E-state index contributed by atoms with van der Waals surface area (Å²) in [7, 11) is 1.82. The van der Waals surface area contributed by atoms with Gasteiger partial charge in [0, 0.05) is 42.8 Å². The quantitative estimate of drug-likeness (QED) is 0.851. The molecule has 0 saturated carbocycles. The first-order chi connectivity index (χ1) is 13.1. The molecule has 0 spiro atoms. The summed E-state index contributed by atoms with van der Waals surface area (Å²) >= 11 is 5.89. The van der Waals surface area contributed by atoms with E-state index in [2.05, 4.69) is 10.4 Å². The third-order valence-electron chi connectivity index (χ3n) is 4.48. The number of hydrogen-bond donors (Lipinski definition) is 1. The number of aryl methyl sites for hydroxylation is 1. The zero-order valence-electron chi connectivity index (χ0n) is 16.6. The summed E-state index contributed by atoms with van der Waals surface area (Å²) in [4.78, 5) is 26.8. The van der Waals surface area contributed by atoms with E-state index in [1.54, 1.807) is 21.7 Å². The maximum absolute atomic E-state index is 12.7. The van der Waals surface area contributed by atoms with Crippen LogP contribution in [0.15, 0.2) is 24.3 Å². The van der Waals surface area contributed by atoms with E-state index in [1.165, 1.54) is 0 Å². The monoisotopic (exact) mass is 404 g/mol. The molecular weight excluding hydrogens is 380 g/mol. The minimum absolute atomic E-state index is 0.266. The number of nitrogens with zero attached hydrogens (tertiary/aromatic N) is 3. The van der Waals surface area contributed by atoms with Gasteiger partial charge in [-0.25, -0.2) is 4.79 Å². The summed E-state index contributed by atoms with van der Waals surface area (Å²) in [5, 5.41) is 7.93. The van der Waals surface area contributed by atoms with Gasteiger partial charge in [0.2, 0.25) is 0 Å². The molecule has 0 bridgehead atoms. The Hall–Kier alpha value is -2.54. The minimum Gasteiger partial charge on any atom is -0.444 e. The highest BCUT2D eigenvalue weighted by molar-refractivity contribution is 6.30. The lowest BCUT2D eigenvalue weighted by Crippen LogP contribution is -2.40. The smallest absolute Gasteiger partial charge is 0.410 e. The number of ether oxygens (including phenoxy) is 1. The third-order valence-corrected chi connectivity index (χ3v) is 4.73. The number of halogens is 1. The molecule has 0 radical (unpaired) electrons. The molecule has 28 heavy (non-hydrogen) atoms. The number of fused-ring (bicyclic) bond motifs is 1. The van der Waals surface area contributed by atoms with Crippen LogP contribution in [-0.4, -0.2) is 38.8 Å². The van der Waals surface area contributed by atoms with E-state index in [0.717, 1.165) is 16.8 Å². The zero-order chi connectivity index (χ0) is 20.5. The predicted molar refractivity (Wildman–Crippen MR) is 106 cm³/mol. The van der Waals surface area contributed by atoms with Crippen molar-refractivity contribution in [3.8, 4) is 0 Å². The standard InChI is InChI=1S/C20H25ClN4O3/c1-20(2,3)28-19(27)25-10-9-16-15(12-25)17(23-24(16)4)18(26)22-11-13-5-7-14(21)8-6-13/h5-8H,9-12H2,1-4H3,(H,22,26). The molecule has 2 aromatic rings. The van der Waals surface area contributed by atoms with Gasteiger partial charge in [0.25, 0.3) is 5.91 Å². The van der Waals surface area contributed by atoms with Gasteiger partial charge >= 0.3 is 6.09 Å². The second-order valence-corrected chi connectivity index (χ2v) is 8.29. The number of carbonyl (C=O) groups excluding carboxylic acids is 2. The molecule has 1 aromatic heterocycles. The maximum atomic E-state index is 12.7. The minimum atomic E-state index is -0.564. The van der Waals surface area contributed by atoms with Gasteiger partial charge in [-0.3, -0.25) is 9.48 Å². The topological polar surface area (TPSA) is 76.5 Å². The van der Waals surface area contributed by atoms with Crippen molar-refractivity contribution in [2.75, 3.05) is 6.54 Å². The highest BCUT2D eigenvalue weighted by atomic mass is 35.5. The Morgan fingerprint density at radius 2 is 1.93 bits per heavy atom. The Kier molecular flexibility index (Phi) is 5.65. The van der Waals surface area contributed by atoms with E-state index >= 15 is 0 Å². The van der Waals surface area contributed by atoms with Gasteiger partial charge in [-0.1, -0.05) is 23.7 Å². The SMILES string of the molecule is Cn1nc(C(=O)NCc2ccc(Cl)cc2)c2c1CCN(C(=O)OC(C)(C)C)C2. The fourth-order valence-corrected chi connectivity index (χ4v) is 3.25. The van der Waals surface area contributed by atoms with Gasteiger partial charge in [-0.2, -0.15) is 5.10 Å². The number of aromatic nitrogens is 2. The molecule has 0 unspecified atom stereocenters. The first-order valence-electron chi connectivity index (χ1n) is 9.19. The average molecular weight is 405 g/mol. The second kappa shape index (κ2) is 7.83. The van der Waals surface area contributed by atoms with Crippen LogP contribution in [0.5, 0.6) is 0 Å². The lowest BCUT2D eigenvalue weighted by molar-refractivity contribution is 0.0221. The summed E-state index contributed by atoms with van der Waals surface area (Å²) in [6.45, 7) is 6.71. The molecule has 1 aromatic carbocycles. The lowest BCUT2D eigenvalue weighted by Gasteiger charge is -2.30. The normalized spacial score (nSPS) is 13.8. The number of nitrogens with one attached hydrogen (secondary N) is 1. The molecule has 3 rings (SSSR count).